The van der Waals surface area contributed by atoms with Crippen LogP contribution in [0.15, 0.2) is 0 Å². The Kier molecular flexibility index (Phi) is 4.66. The van der Waals surface area contributed by atoms with Crippen LogP contribution in [0.5, 0.6) is 0 Å². The maximum absolute atomic E-state index is 11.4. The highest BCUT2D eigenvalue weighted by Gasteiger charge is 2.29. The van der Waals surface area contributed by atoms with E-state index in [1.807, 2.05) is 6.92 Å². The highest BCUT2D eigenvalue weighted by Crippen LogP contribution is 2.18. The third kappa shape index (κ3) is 3.71. The van der Waals surface area contributed by atoms with Crippen LogP contribution in [-0.4, -0.2) is 68.5 Å². The SMILES string of the molecule is CC#CCN1CCC(N2CCS(=O)(=O)CC2)CC1. The van der Waals surface area contributed by atoms with E-state index in [4.69, 9.17) is 0 Å². The standard InChI is InChI=1S/C13H22N2O2S/c1-2-3-6-14-7-4-13(5-8-14)15-9-11-18(16,17)12-10-15/h13H,4-12H2,1H3. The maximum Gasteiger partial charge on any atom is 0.152 e. The average molecular weight is 270 g/mol. The van der Waals surface area contributed by atoms with Crippen molar-refractivity contribution in [1.29, 1.82) is 0 Å². The summed E-state index contributed by atoms with van der Waals surface area (Å²) in [6.07, 6.45) is 2.29. The Morgan fingerprint density at radius 3 is 2.28 bits per heavy atom. The summed E-state index contributed by atoms with van der Waals surface area (Å²) in [4.78, 5) is 4.75. The molecule has 0 unspecified atom stereocenters. The third-order valence-electron chi connectivity index (χ3n) is 3.93. The molecule has 0 saturated carbocycles. The molecule has 0 amide bonds. The van der Waals surface area contributed by atoms with Gasteiger partial charge in [-0.05, 0) is 19.8 Å². The first-order valence-electron chi connectivity index (χ1n) is 6.67. The fourth-order valence-corrected chi connectivity index (χ4v) is 3.95. The monoisotopic (exact) mass is 270 g/mol. The molecule has 18 heavy (non-hydrogen) atoms. The van der Waals surface area contributed by atoms with Crippen LogP contribution < -0.4 is 0 Å². The lowest BCUT2D eigenvalue weighted by Gasteiger charge is -2.39. The van der Waals surface area contributed by atoms with Gasteiger partial charge in [-0.2, -0.15) is 0 Å². The van der Waals surface area contributed by atoms with Gasteiger partial charge in [-0.15, -0.1) is 5.92 Å². The summed E-state index contributed by atoms with van der Waals surface area (Å²) in [6, 6.07) is 0.575. The van der Waals surface area contributed by atoms with Gasteiger partial charge in [0.25, 0.3) is 0 Å². The van der Waals surface area contributed by atoms with Crippen molar-refractivity contribution in [3.63, 3.8) is 0 Å². The Balaban J connectivity index is 1.78. The predicted octanol–water partition coefficient (Wildman–Crippen LogP) is 0.205. The number of piperidine rings is 1. The molecule has 0 spiro atoms. The van der Waals surface area contributed by atoms with Gasteiger partial charge in [0, 0.05) is 32.2 Å². The average Bonchev–Trinajstić information content (AvgIpc) is 2.37. The second kappa shape index (κ2) is 6.05. The highest BCUT2D eigenvalue weighted by molar-refractivity contribution is 7.91. The fraction of sp³-hybridized carbons (Fsp3) is 0.846. The molecule has 2 aliphatic heterocycles. The summed E-state index contributed by atoms with van der Waals surface area (Å²) in [7, 11) is -2.75. The molecule has 0 atom stereocenters. The van der Waals surface area contributed by atoms with Crippen molar-refractivity contribution >= 4 is 9.84 Å². The molecular weight excluding hydrogens is 248 g/mol. The van der Waals surface area contributed by atoms with E-state index in [1.54, 1.807) is 0 Å². The number of rotatable bonds is 2. The molecule has 0 aromatic carbocycles. The van der Waals surface area contributed by atoms with E-state index in [-0.39, 0.29) is 0 Å². The number of hydrogen-bond acceptors (Lipinski definition) is 4. The van der Waals surface area contributed by atoms with Crippen LogP contribution in [0.1, 0.15) is 19.8 Å². The van der Waals surface area contributed by atoms with E-state index in [0.717, 1.165) is 45.6 Å². The maximum atomic E-state index is 11.4. The van der Waals surface area contributed by atoms with Crippen molar-refractivity contribution in [2.45, 2.75) is 25.8 Å². The van der Waals surface area contributed by atoms with Crippen molar-refractivity contribution in [3.05, 3.63) is 0 Å². The molecule has 4 nitrogen and oxygen atoms in total. The van der Waals surface area contributed by atoms with Gasteiger partial charge in [0.2, 0.25) is 0 Å². The van der Waals surface area contributed by atoms with E-state index in [2.05, 4.69) is 21.6 Å². The first-order chi connectivity index (χ1) is 8.61. The Labute approximate surface area is 110 Å². The van der Waals surface area contributed by atoms with Crippen LogP contribution in [0.2, 0.25) is 0 Å². The first-order valence-corrected chi connectivity index (χ1v) is 8.49. The van der Waals surface area contributed by atoms with Crippen molar-refractivity contribution in [3.8, 4) is 11.8 Å². The third-order valence-corrected chi connectivity index (χ3v) is 5.54. The van der Waals surface area contributed by atoms with E-state index in [0.29, 0.717) is 17.5 Å². The summed E-state index contributed by atoms with van der Waals surface area (Å²) < 4.78 is 22.8. The molecule has 102 valence electrons. The quantitative estimate of drug-likeness (QED) is 0.672. The molecule has 0 N–H and O–H groups in total. The van der Waals surface area contributed by atoms with Gasteiger partial charge in [0.15, 0.2) is 9.84 Å². The topological polar surface area (TPSA) is 40.6 Å². The smallest absolute Gasteiger partial charge is 0.152 e. The van der Waals surface area contributed by atoms with Gasteiger partial charge in [-0.1, -0.05) is 5.92 Å². The van der Waals surface area contributed by atoms with Crippen LogP contribution in [0.4, 0.5) is 0 Å². The lowest BCUT2D eigenvalue weighted by molar-refractivity contribution is 0.123. The molecule has 2 saturated heterocycles. The van der Waals surface area contributed by atoms with Crippen LogP contribution >= 0.6 is 0 Å². The molecule has 0 bridgehead atoms. The number of hydrogen-bond donors (Lipinski definition) is 0. The van der Waals surface area contributed by atoms with Crippen LogP contribution in [0, 0.1) is 11.8 Å². The minimum Gasteiger partial charge on any atom is -0.298 e. The van der Waals surface area contributed by atoms with Gasteiger partial charge in [-0.25, -0.2) is 8.42 Å². The van der Waals surface area contributed by atoms with Crippen LogP contribution in [0.3, 0.4) is 0 Å². The number of likely N-dealkylation sites (tertiary alicyclic amines) is 1. The second-order valence-electron chi connectivity index (χ2n) is 5.12. The lowest BCUT2D eigenvalue weighted by Crippen LogP contribution is -2.50. The molecule has 2 heterocycles. The van der Waals surface area contributed by atoms with Gasteiger partial charge < -0.3 is 0 Å². The van der Waals surface area contributed by atoms with Gasteiger partial charge in [-0.3, -0.25) is 9.80 Å². The zero-order chi connectivity index (χ0) is 13.0. The Bertz CT molecular complexity index is 414. The minimum atomic E-state index is -2.75. The van der Waals surface area contributed by atoms with E-state index >= 15 is 0 Å². The fourth-order valence-electron chi connectivity index (χ4n) is 2.73. The predicted molar refractivity (Wildman–Crippen MR) is 73.1 cm³/mol. The van der Waals surface area contributed by atoms with Crippen molar-refractivity contribution in [2.24, 2.45) is 0 Å². The van der Waals surface area contributed by atoms with Gasteiger partial charge in [0.05, 0.1) is 18.1 Å². The molecule has 2 fully saturated rings. The van der Waals surface area contributed by atoms with Crippen LogP contribution in [-0.2, 0) is 9.84 Å². The summed E-state index contributed by atoms with van der Waals surface area (Å²) in [5.41, 5.74) is 0. The first kappa shape index (κ1) is 13.9. The van der Waals surface area contributed by atoms with E-state index in [9.17, 15) is 8.42 Å². The lowest BCUT2D eigenvalue weighted by atomic mass is 10.0. The molecule has 0 radical (unpaired) electrons. The van der Waals surface area contributed by atoms with Crippen molar-refractivity contribution < 1.29 is 8.42 Å². The number of sulfone groups is 1. The molecular formula is C13H22N2O2S. The van der Waals surface area contributed by atoms with Gasteiger partial charge >= 0.3 is 0 Å². The van der Waals surface area contributed by atoms with Crippen molar-refractivity contribution in [2.75, 3.05) is 44.2 Å². The molecule has 0 aromatic heterocycles. The largest absolute Gasteiger partial charge is 0.298 e. The molecule has 5 heteroatoms. The summed E-state index contributed by atoms with van der Waals surface area (Å²) in [6.45, 7) is 6.37. The number of nitrogens with zero attached hydrogens (tertiary/aromatic N) is 2. The molecule has 0 aromatic rings. The van der Waals surface area contributed by atoms with E-state index < -0.39 is 9.84 Å². The second-order valence-corrected chi connectivity index (χ2v) is 7.43. The zero-order valence-electron chi connectivity index (χ0n) is 11.1. The normalized spacial score (nSPS) is 26.5. The highest BCUT2D eigenvalue weighted by atomic mass is 32.2. The molecule has 2 aliphatic rings. The summed E-state index contributed by atoms with van der Waals surface area (Å²) in [5, 5.41) is 0. The summed E-state index contributed by atoms with van der Waals surface area (Å²) >= 11 is 0. The minimum absolute atomic E-state index is 0.342. The molecule has 2 rings (SSSR count). The Morgan fingerprint density at radius 1 is 1.11 bits per heavy atom. The van der Waals surface area contributed by atoms with E-state index in [1.165, 1.54) is 0 Å². The summed E-state index contributed by atoms with van der Waals surface area (Å²) in [5.74, 6) is 6.72. The van der Waals surface area contributed by atoms with Gasteiger partial charge in [0.1, 0.15) is 0 Å². The van der Waals surface area contributed by atoms with Crippen LogP contribution in [0.25, 0.3) is 0 Å². The Morgan fingerprint density at radius 2 is 1.72 bits per heavy atom. The zero-order valence-corrected chi connectivity index (χ0v) is 11.9. The van der Waals surface area contributed by atoms with Crippen molar-refractivity contribution in [1.82, 2.24) is 9.80 Å². The Hall–Kier alpha value is -0.570. The molecule has 0 aliphatic carbocycles.